The molecule has 0 fully saturated rings. The molecule has 0 saturated heterocycles. The van der Waals surface area contributed by atoms with Gasteiger partial charge in [-0.2, -0.15) is 0 Å². The zero-order valence-corrected chi connectivity index (χ0v) is 14.4. The van der Waals surface area contributed by atoms with E-state index in [1.807, 2.05) is 26.0 Å². The summed E-state index contributed by atoms with van der Waals surface area (Å²) in [5, 5.41) is 22.3. The standard InChI is InChI=1S/C19H16N2O5/c1-19(2)8-7-10-14(26-19)9-13(22)15-17(10)20(3)16-11(18(15)23)5-4-6-12(16)21(24)25/h4-9,22H,1-3H3. The summed E-state index contributed by atoms with van der Waals surface area (Å²) >= 11 is 0. The first kappa shape index (κ1) is 16.1. The number of benzene rings is 2. The fourth-order valence-electron chi connectivity index (χ4n) is 3.53. The second-order valence-corrected chi connectivity index (χ2v) is 6.89. The van der Waals surface area contributed by atoms with Crippen LogP contribution in [0.3, 0.4) is 0 Å². The molecule has 26 heavy (non-hydrogen) atoms. The molecule has 7 nitrogen and oxygen atoms in total. The molecular weight excluding hydrogens is 336 g/mol. The second kappa shape index (κ2) is 5.08. The van der Waals surface area contributed by atoms with Crippen molar-refractivity contribution in [1.29, 1.82) is 0 Å². The Balaban J connectivity index is 2.28. The second-order valence-electron chi connectivity index (χ2n) is 6.89. The number of rotatable bonds is 1. The number of aryl methyl sites for hydroxylation is 1. The van der Waals surface area contributed by atoms with Crippen molar-refractivity contribution in [2.75, 3.05) is 0 Å². The minimum Gasteiger partial charge on any atom is -0.507 e. The fourth-order valence-corrected chi connectivity index (χ4v) is 3.53. The van der Waals surface area contributed by atoms with Crippen LogP contribution in [-0.2, 0) is 7.05 Å². The lowest BCUT2D eigenvalue weighted by Crippen LogP contribution is -2.28. The number of pyridine rings is 1. The van der Waals surface area contributed by atoms with Crippen LogP contribution in [0.2, 0.25) is 0 Å². The first-order chi connectivity index (χ1) is 12.2. The number of ether oxygens (including phenoxy) is 1. The Morgan fingerprint density at radius 1 is 1.27 bits per heavy atom. The number of aromatic hydroxyl groups is 1. The summed E-state index contributed by atoms with van der Waals surface area (Å²) in [6.45, 7) is 3.75. The third kappa shape index (κ3) is 2.10. The summed E-state index contributed by atoms with van der Waals surface area (Å²) in [6, 6.07) is 5.78. The summed E-state index contributed by atoms with van der Waals surface area (Å²) in [5.74, 6) is 0.217. The number of fused-ring (bicyclic) bond motifs is 4. The smallest absolute Gasteiger partial charge is 0.293 e. The highest BCUT2D eigenvalue weighted by Gasteiger charge is 2.28. The van der Waals surface area contributed by atoms with Crippen LogP contribution in [0.5, 0.6) is 11.5 Å². The van der Waals surface area contributed by atoms with Gasteiger partial charge >= 0.3 is 0 Å². The first-order valence-electron chi connectivity index (χ1n) is 8.05. The number of nitro benzene ring substituents is 1. The van der Waals surface area contributed by atoms with Crippen molar-refractivity contribution in [2.45, 2.75) is 19.4 Å². The van der Waals surface area contributed by atoms with E-state index in [2.05, 4.69) is 0 Å². The lowest BCUT2D eigenvalue weighted by molar-refractivity contribution is -0.383. The lowest BCUT2D eigenvalue weighted by Gasteiger charge is -2.29. The number of aromatic nitrogens is 1. The topological polar surface area (TPSA) is 94.6 Å². The van der Waals surface area contributed by atoms with Crippen molar-refractivity contribution in [3.05, 3.63) is 56.2 Å². The summed E-state index contributed by atoms with van der Waals surface area (Å²) in [7, 11) is 1.64. The zero-order chi connectivity index (χ0) is 18.8. The van der Waals surface area contributed by atoms with Crippen LogP contribution in [0.4, 0.5) is 5.69 Å². The maximum absolute atomic E-state index is 13.0. The van der Waals surface area contributed by atoms with E-state index in [9.17, 15) is 20.0 Å². The van der Waals surface area contributed by atoms with Gasteiger partial charge in [-0.05, 0) is 32.1 Å². The van der Waals surface area contributed by atoms with Gasteiger partial charge in [-0.1, -0.05) is 6.07 Å². The Hall–Kier alpha value is -3.35. The SMILES string of the molecule is Cn1c2c([N+](=O)[O-])cccc2c(=O)c2c(O)cc3c(c21)C=CC(C)(C)O3. The van der Waals surface area contributed by atoms with Gasteiger partial charge in [-0.3, -0.25) is 14.9 Å². The van der Waals surface area contributed by atoms with Gasteiger partial charge in [0.15, 0.2) is 0 Å². The molecule has 0 saturated carbocycles. The minimum absolute atomic E-state index is 0.118. The van der Waals surface area contributed by atoms with Crippen LogP contribution in [-0.4, -0.2) is 20.2 Å². The van der Waals surface area contributed by atoms with Gasteiger partial charge in [0, 0.05) is 24.7 Å². The molecule has 7 heteroatoms. The average Bonchev–Trinajstić information content (AvgIpc) is 2.57. The number of hydrogen-bond acceptors (Lipinski definition) is 5. The molecule has 0 atom stereocenters. The molecule has 1 aliphatic heterocycles. The van der Waals surface area contributed by atoms with E-state index in [4.69, 9.17) is 4.74 Å². The molecule has 1 aromatic heterocycles. The van der Waals surface area contributed by atoms with Gasteiger partial charge in [0.05, 0.1) is 21.2 Å². The van der Waals surface area contributed by atoms with Crippen LogP contribution in [0.15, 0.2) is 35.1 Å². The predicted molar refractivity (Wildman–Crippen MR) is 98.8 cm³/mol. The van der Waals surface area contributed by atoms with E-state index in [0.717, 1.165) is 0 Å². The Labute approximate surface area is 147 Å². The maximum atomic E-state index is 13.0. The van der Waals surface area contributed by atoms with Gasteiger partial charge in [0.2, 0.25) is 5.43 Å². The molecule has 2 heterocycles. The molecule has 0 unspecified atom stereocenters. The molecule has 4 rings (SSSR count). The van der Waals surface area contributed by atoms with Crippen LogP contribution in [0.25, 0.3) is 27.9 Å². The zero-order valence-electron chi connectivity index (χ0n) is 14.4. The third-order valence-electron chi connectivity index (χ3n) is 4.66. The summed E-state index contributed by atoms with van der Waals surface area (Å²) in [4.78, 5) is 23.9. The van der Waals surface area contributed by atoms with Crippen molar-refractivity contribution in [2.24, 2.45) is 7.05 Å². The molecule has 132 valence electrons. The summed E-state index contributed by atoms with van der Waals surface area (Å²) < 4.78 is 7.47. The molecule has 2 aromatic carbocycles. The normalized spacial score (nSPS) is 15.0. The molecule has 0 radical (unpaired) electrons. The van der Waals surface area contributed by atoms with Crippen LogP contribution >= 0.6 is 0 Å². The van der Waals surface area contributed by atoms with Crippen molar-refractivity contribution in [3.63, 3.8) is 0 Å². The quantitative estimate of drug-likeness (QED) is 0.411. The first-order valence-corrected chi connectivity index (χ1v) is 8.05. The van der Waals surface area contributed by atoms with E-state index >= 15 is 0 Å². The molecular formula is C19H16N2O5. The monoisotopic (exact) mass is 352 g/mol. The van der Waals surface area contributed by atoms with E-state index in [-0.39, 0.29) is 27.7 Å². The van der Waals surface area contributed by atoms with Crippen molar-refractivity contribution in [1.82, 2.24) is 4.57 Å². The molecule has 3 aromatic rings. The number of para-hydroxylation sites is 1. The van der Waals surface area contributed by atoms with E-state index in [1.165, 1.54) is 24.3 Å². The number of phenolic OH excluding ortho intramolecular Hbond substituents is 1. The highest BCUT2D eigenvalue weighted by atomic mass is 16.6. The minimum atomic E-state index is -0.561. The Morgan fingerprint density at radius 2 is 2.00 bits per heavy atom. The number of non-ortho nitro benzene ring substituents is 1. The number of phenols is 1. The van der Waals surface area contributed by atoms with E-state index in [1.54, 1.807) is 11.6 Å². The van der Waals surface area contributed by atoms with Gasteiger partial charge in [-0.25, -0.2) is 0 Å². The third-order valence-corrected chi connectivity index (χ3v) is 4.66. The number of nitrogens with zero attached hydrogens (tertiary/aromatic N) is 2. The molecule has 0 spiro atoms. The maximum Gasteiger partial charge on any atom is 0.293 e. The van der Waals surface area contributed by atoms with Gasteiger partial charge < -0.3 is 14.4 Å². The van der Waals surface area contributed by atoms with Crippen molar-refractivity contribution < 1.29 is 14.8 Å². The van der Waals surface area contributed by atoms with Gasteiger partial charge in [-0.15, -0.1) is 0 Å². The molecule has 1 aliphatic rings. The molecule has 1 N–H and O–H groups in total. The molecule has 0 amide bonds. The van der Waals surface area contributed by atoms with Gasteiger partial charge in [0.1, 0.15) is 22.6 Å². The van der Waals surface area contributed by atoms with Crippen molar-refractivity contribution >= 4 is 33.6 Å². The average molecular weight is 352 g/mol. The van der Waals surface area contributed by atoms with Gasteiger partial charge in [0.25, 0.3) is 5.69 Å². The number of hydrogen-bond donors (Lipinski definition) is 1. The molecule has 0 aliphatic carbocycles. The highest BCUT2D eigenvalue weighted by molar-refractivity contribution is 6.04. The Bertz CT molecular complexity index is 1200. The summed E-state index contributed by atoms with van der Waals surface area (Å²) in [6.07, 6.45) is 3.67. The lowest BCUT2D eigenvalue weighted by atomic mass is 9.98. The Morgan fingerprint density at radius 3 is 2.69 bits per heavy atom. The van der Waals surface area contributed by atoms with Crippen molar-refractivity contribution in [3.8, 4) is 11.5 Å². The number of nitro groups is 1. The Kier molecular flexibility index (Phi) is 3.15. The summed E-state index contributed by atoms with van der Waals surface area (Å²) in [5.41, 5.74) is 0.0447. The predicted octanol–water partition coefficient (Wildman–Crippen LogP) is 3.49. The van der Waals surface area contributed by atoms with Crippen LogP contribution in [0.1, 0.15) is 19.4 Å². The van der Waals surface area contributed by atoms with Crippen LogP contribution in [0, 0.1) is 10.1 Å². The fraction of sp³-hybridized carbons (Fsp3) is 0.211. The highest BCUT2D eigenvalue weighted by Crippen LogP contribution is 2.41. The van der Waals surface area contributed by atoms with E-state index in [0.29, 0.717) is 16.8 Å². The van der Waals surface area contributed by atoms with Crippen LogP contribution < -0.4 is 10.2 Å². The van der Waals surface area contributed by atoms with E-state index < -0.39 is 16.0 Å². The molecule has 0 bridgehead atoms. The largest absolute Gasteiger partial charge is 0.507 e.